The Morgan fingerprint density at radius 2 is 2.41 bits per heavy atom. The zero-order valence-corrected chi connectivity index (χ0v) is 11.1. The average Bonchev–Trinajstić information content (AvgIpc) is 2.78. The largest absolute Gasteiger partial charge is 0.467 e. The van der Waals surface area contributed by atoms with Crippen LogP contribution in [0.15, 0.2) is 28.7 Å². The summed E-state index contributed by atoms with van der Waals surface area (Å²) >= 11 is 3.40. The van der Waals surface area contributed by atoms with Crippen LogP contribution >= 0.6 is 15.9 Å². The molecule has 1 heterocycles. The lowest BCUT2D eigenvalue weighted by molar-refractivity contribution is -0.146. The van der Waals surface area contributed by atoms with Gasteiger partial charge < -0.3 is 14.8 Å². The monoisotopic (exact) mass is 299 g/mol. The number of methoxy groups -OCH3 is 1. The minimum atomic E-state index is -0.754. The van der Waals surface area contributed by atoms with Crippen LogP contribution in [0.1, 0.15) is 6.42 Å². The van der Waals surface area contributed by atoms with E-state index in [1.165, 1.54) is 7.11 Å². The number of carbonyl (C=O) groups excluding carboxylic acids is 1. The molecule has 0 saturated carbocycles. The van der Waals surface area contributed by atoms with Crippen LogP contribution < -0.4 is 5.32 Å². The molecule has 5 heteroatoms. The normalized spacial score (nSPS) is 23.4. The van der Waals surface area contributed by atoms with E-state index in [1.54, 1.807) is 0 Å². The van der Waals surface area contributed by atoms with Crippen molar-refractivity contribution in [3.8, 4) is 0 Å². The number of halogens is 1. The van der Waals surface area contributed by atoms with Crippen molar-refractivity contribution in [2.24, 2.45) is 0 Å². The first kappa shape index (κ1) is 12.4. The van der Waals surface area contributed by atoms with Crippen molar-refractivity contribution in [3.05, 3.63) is 28.7 Å². The van der Waals surface area contributed by atoms with Crippen molar-refractivity contribution in [2.75, 3.05) is 25.6 Å². The van der Waals surface area contributed by atoms with Gasteiger partial charge in [0.2, 0.25) is 0 Å². The molecule has 1 N–H and O–H groups in total. The fourth-order valence-corrected chi connectivity index (χ4v) is 2.31. The number of esters is 1. The van der Waals surface area contributed by atoms with Crippen molar-refractivity contribution < 1.29 is 14.3 Å². The van der Waals surface area contributed by atoms with E-state index in [0.717, 1.165) is 10.2 Å². The molecule has 1 aliphatic heterocycles. The maximum Gasteiger partial charge on any atom is 0.334 e. The number of rotatable bonds is 3. The first-order valence-corrected chi connectivity index (χ1v) is 6.15. The highest BCUT2D eigenvalue weighted by Crippen LogP contribution is 2.27. The van der Waals surface area contributed by atoms with E-state index in [9.17, 15) is 4.79 Å². The van der Waals surface area contributed by atoms with Gasteiger partial charge in [-0.3, -0.25) is 0 Å². The molecule has 2 rings (SSSR count). The maximum atomic E-state index is 11.8. The van der Waals surface area contributed by atoms with Crippen molar-refractivity contribution in [3.63, 3.8) is 0 Å². The van der Waals surface area contributed by atoms with Crippen molar-refractivity contribution in [1.82, 2.24) is 0 Å². The molecule has 4 nitrogen and oxygen atoms in total. The zero-order valence-electron chi connectivity index (χ0n) is 9.53. The van der Waals surface area contributed by atoms with Crippen LogP contribution in [0.3, 0.4) is 0 Å². The summed E-state index contributed by atoms with van der Waals surface area (Å²) in [6.07, 6.45) is 0.617. The third-order valence-electron chi connectivity index (χ3n) is 2.81. The summed E-state index contributed by atoms with van der Waals surface area (Å²) in [6.45, 7) is 0.905. The summed E-state index contributed by atoms with van der Waals surface area (Å²) in [5.41, 5.74) is 0.116. The highest BCUT2D eigenvalue weighted by Gasteiger charge is 2.43. The van der Waals surface area contributed by atoms with Crippen LogP contribution in [0, 0.1) is 0 Å². The van der Waals surface area contributed by atoms with Gasteiger partial charge in [0.1, 0.15) is 0 Å². The Morgan fingerprint density at radius 3 is 3.00 bits per heavy atom. The molecule has 1 aromatic carbocycles. The van der Waals surface area contributed by atoms with Gasteiger partial charge in [-0.2, -0.15) is 0 Å². The predicted octanol–water partition coefficient (Wildman–Crippen LogP) is 2.19. The molecule has 0 aliphatic carbocycles. The van der Waals surface area contributed by atoms with Crippen LogP contribution in [0.5, 0.6) is 0 Å². The Kier molecular flexibility index (Phi) is 3.69. The predicted molar refractivity (Wildman–Crippen MR) is 67.9 cm³/mol. The molecular formula is C12H14BrNO3. The van der Waals surface area contributed by atoms with Gasteiger partial charge in [0, 0.05) is 23.2 Å². The molecule has 1 atom stereocenters. The van der Waals surface area contributed by atoms with Crippen LogP contribution in [0.25, 0.3) is 0 Å². The fraction of sp³-hybridized carbons (Fsp3) is 0.417. The molecule has 1 saturated heterocycles. The third-order valence-corrected chi connectivity index (χ3v) is 3.30. The van der Waals surface area contributed by atoms with E-state index in [-0.39, 0.29) is 5.97 Å². The molecule has 0 aromatic heterocycles. The molecule has 0 amide bonds. The Morgan fingerprint density at radius 1 is 1.59 bits per heavy atom. The molecule has 1 fully saturated rings. The Bertz CT molecular complexity index is 416. The van der Waals surface area contributed by atoms with Crippen LogP contribution in [0.4, 0.5) is 5.69 Å². The number of benzene rings is 1. The quantitative estimate of drug-likeness (QED) is 0.869. The first-order chi connectivity index (χ1) is 8.16. The van der Waals surface area contributed by atoms with Gasteiger partial charge in [0.05, 0.1) is 13.7 Å². The number of hydrogen-bond donors (Lipinski definition) is 1. The highest BCUT2D eigenvalue weighted by atomic mass is 79.9. The van der Waals surface area contributed by atoms with Crippen molar-refractivity contribution >= 4 is 27.6 Å². The zero-order chi connectivity index (χ0) is 12.3. The molecule has 92 valence electrons. The fourth-order valence-electron chi connectivity index (χ4n) is 1.91. The minimum Gasteiger partial charge on any atom is -0.467 e. The molecule has 1 unspecified atom stereocenters. The van der Waals surface area contributed by atoms with Gasteiger partial charge in [0.25, 0.3) is 0 Å². The van der Waals surface area contributed by atoms with Crippen LogP contribution in [-0.2, 0) is 14.3 Å². The van der Waals surface area contributed by atoms with Crippen molar-refractivity contribution in [2.45, 2.75) is 12.0 Å². The standard InChI is InChI=1S/C12H14BrNO3/c1-16-11(15)12(5-6-17-8-12)14-10-4-2-3-9(13)7-10/h2-4,7,14H,5-6,8H2,1H3. The summed E-state index contributed by atoms with van der Waals surface area (Å²) in [7, 11) is 1.39. The molecule has 0 spiro atoms. The number of hydrogen-bond acceptors (Lipinski definition) is 4. The summed E-state index contributed by atoms with van der Waals surface area (Å²) in [6, 6.07) is 7.67. The van der Waals surface area contributed by atoms with Gasteiger partial charge >= 0.3 is 5.97 Å². The summed E-state index contributed by atoms with van der Waals surface area (Å²) < 4.78 is 11.1. The highest BCUT2D eigenvalue weighted by molar-refractivity contribution is 9.10. The van der Waals surface area contributed by atoms with E-state index in [0.29, 0.717) is 19.6 Å². The Balaban J connectivity index is 2.21. The number of ether oxygens (including phenoxy) is 2. The second kappa shape index (κ2) is 5.06. The van der Waals surface area contributed by atoms with Gasteiger partial charge in [-0.05, 0) is 18.2 Å². The van der Waals surface area contributed by atoms with E-state index >= 15 is 0 Å². The Labute approximate surface area is 108 Å². The van der Waals surface area contributed by atoms with Gasteiger partial charge in [0.15, 0.2) is 5.54 Å². The molecule has 17 heavy (non-hydrogen) atoms. The van der Waals surface area contributed by atoms with Gasteiger partial charge in [-0.25, -0.2) is 4.79 Å². The van der Waals surface area contributed by atoms with E-state index in [4.69, 9.17) is 9.47 Å². The molecule has 0 bridgehead atoms. The van der Waals surface area contributed by atoms with Crippen LogP contribution in [0.2, 0.25) is 0 Å². The van der Waals surface area contributed by atoms with Gasteiger partial charge in [-0.1, -0.05) is 22.0 Å². The lowest BCUT2D eigenvalue weighted by Crippen LogP contribution is -2.47. The summed E-state index contributed by atoms with van der Waals surface area (Å²) in [5, 5.41) is 3.22. The average molecular weight is 300 g/mol. The van der Waals surface area contributed by atoms with Gasteiger partial charge in [-0.15, -0.1) is 0 Å². The second-order valence-electron chi connectivity index (χ2n) is 4.01. The molecule has 1 aliphatic rings. The lowest BCUT2D eigenvalue weighted by atomic mass is 9.98. The number of anilines is 1. The van der Waals surface area contributed by atoms with Crippen molar-refractivity contribution in [1.29, 1.82) is 0 Å². The lowest BCUT2D eigenvalue weighted by Gasteiger charge is -2.26. The van der Waals surface area contributed by atoms with E-state index in [1.807, 2.05) is 24.3 Å². The summed E-state index contributed by atoms with van der Waals surface area (Å²) in [4.78, 5) is 11.8. The molecule has 0 radical (unpaired) electrons. The SMILES string of the molecule is COC(=O)C1(Nc2cccc(Br)c2)CCOC1. The Hall–Kier alpha value is -1.07. The maximum absolute atomic E-state index is 11.8. The topological polar surface area (TPSA) is 47.6 Å². The van der Waals surface area contributed by atoms with Crippen LogP contribution in [-0.4, -0.2) is 31.8 Å². The third kappa shape index (κ3) is 2.61. The van der Waals surface area contributed by atoms with E-state index in [2.05, 4.69) is 21.2 Å². The molecule has 1 aromatic rings. The second-order valence-corrected chi connectivity index (χ2v) is 4.93. The number of nitrogens with one attached hydrogen (secondary N) is 1. The number of carbonyl (C=O) groups is 1. The summed E-state index contributed by atoms with van der Waals surface area (Å²) in [5.74, 6) is -0.282. The minimum absolute atomic E-state index is 0.282. The smallest absolute Gasteiger partial charge is 0.334 e. The first-order valence-electron chi connectivity index (χ1n) is 5.36. The van der Waals surface area contributed by atoms with E-state index < -0.39 is 5.54 Å². The molecular weight excluding hydrogens is 286 g/mol.